The van der Waals surface area contributed by atoms with Crippen LogP contribution < -0.4 is 0 Å². The first-order valence-electron chi connectivity index (χ1n) is 9.34. The van der Waals surface area contributed by atoms with Crippen LogP contribution in [0.5, 0.6) is 5.75 Å². The Morgan fingerprint density at radius 1 is 1.19 bits per heavy atom. The number of benzene rings is 1. The number of alkyl halides is 3. The van der Waals surface area contributed by atoms with Gasteiger partial charge in [0.1, 0.15) is 5.75 Å². The van der Waals surface area contributed by atoms with Crippen molar-refractivity contribution in [2.24, 2.45) is 17.3 Å². The Morgan fingerprint density at radius 2 is 1.85 bits per heavy atom. The van der Waals surface area contributed by atoms with Gasteiger partial charge in [-0.05, 0) is 85.0 Å². The highest BCUT2D eigenvalue weighted by atomic mass is 19.4. The molecule has 0 spiro atoms. The van der Waals surface area contributed by atoms with Gasteiger partial charge in [0.15, 0.2) is 0 Å². The minimum absolute atomic E-state index is 0.0883. The Labute approximate surface area is 156 Å². The average molecular weight is 386 g/mol. The Bertz CT molecular complexity index is 718. The van der Waals surface area contributed by atoms with Crippen LogP contribution in [0, 0.1) is 17.3 Å². The lowest BCUT2D eigenvalue weighted by molar-refractivity contribution is -0.192. The molecule has 3 N–H and O–H groups in total. The predicted molar refractivity (Wildman–Crippen MR) is 92.4 cm³/mol. The van der Waals surface area contributed by atoms with Crippen molar-refractivity contribution < 1.29 is 33.3 Å². The van der Waals surface area contributed by atoms with Gasteiger partial charge >= 0.3 is 12.1 Å². The summed E-state index contributed by atoms with van der Waals surface area (Å²) in [7, 11) is 0. The molecule has 4 rings (SSSR count). The number of carbonyl (C=O) groups is 1. The summed E-state index contributed by atoms with van der Waals surface area (Å²) in [4.78, 5) is 8.90. The molecule has 0 bridgehead atoms. The number of halogens is 3. The van der Waals surface area contributed by atoms with E-state index in [2.05, 4.69) is 13.0 Å². The smallest absolute Gasteiger partial charge is 0.490 e. The standard InChI is InChI=1S/C18H24O2.C2HF3O2/c1-18-9-8-14-13-5-3-12(19)10-11(13)2-4-15(14)16(18)6-7-17(18)20;3-2(4,5)1(6)7/h3,5,10,14-17,19-20H,2,4,6-9H2,1H3;(H,6,7)/t14-,15-,16+,17+,18+;/m1./s1. The van der Waals surface area contributed by atoms with Gasteiger partial charge in [-0.3, -0.25) is 0 Å². The van der Waals surface area contributed by atoms with Crippen LogP contribution in [0.1, 0.15) is 56.1 Å². The van der Waals surface area contributed by atoms with Crippen molar-refractivity contribution >= 4 is 5.97 Å². The number of aliphatic carboxylic acids is 1. The van der Waals surface area contributed by atoms with E-state index in [1.54, 1.807) is 0 Å². The molecule has 3 aliphatic rings. The topological polar surface area (TPSA) is 77.8 Å². The summed E-state index contributed by atoms with van der Waals surface area (Å²) in [6.45, 7) is 2.32. The molecule has 1 aromatic rings. The molecular formula is C20H25F3O4. The molecule has 0 unspecified atom stereocenters. The number of rotatable bonds is 0. The Kier molecular flexibility index (Phi) is 5.18. The maximum Gasteiger partial charge on any atom is 0.490 e. The molecule has 150 valence electrons. The third-order valence-corrected chi connectivity index (χ3v) is 6.90. The van der Waals surface area contributed by atoms with E-state index >= 15 is 0 Å². The van der Waals surface area contributed by atoms with E-state index in [0.717, 1.165) is 25.2 Å². The van der Waals surface area contributed by atoms with Gasteiger partial charge < -0.3 is 15.3 Å². The zero-order chi connectivity index (χ0) is 20.0. The van der Waals surface area contributed by atoms with Crippen molar-refractivity contribution in [3.8, 4) is 5.75 Å². The molecule has 0 saturated heterocycles. The largest absolute Gasteiger partial charge is 0.508 e. The SMILES string of the molecule is C[C@]12CC[C@@H]3c4ccc(O)cc4CC[C@H]3[C@@H]1CC[C@@H]2O.O=C(O)C(F)(F)F. The van der Waals surface area contributed by atoms with Crippen molar-refractivity contribution in [2.75, 3.05) is 0 Å². The zero-order valence-corrected chi connectivity index (χ0v) is 15.2. The van der Waals surface area contributed by atoms with Crippen molar-refractivity contribution in [1.82, 2.24) is 0 Å². The van der Waals surface area contributed by atoms with E-state index in [1.165, 1.54) is 30.4 Å². The first kappa shape index (κ1) is 20.0. The van der Waals surface area contributed by atoms with Crippen LogP contribution >= 0.6 is 0 Å². The van der Waals surface area contributed by atoms with Crippen LogP contribution in [0.4, 0.5) is 13.2 Å². The van der Waals surface area contributed by atoms with E-state index in [9.17, 15) is 23.4 Å². The molecule has 4 nitrogen and oxygen atoms in total. The minimum Gasteiger partial charge on any atom is -0.508 e. The fraction of sp³-hybridized carbons (Fsp3) is 0.650. The summed E-state index contributed by atoms with van der Waals surface area (Å²) in [5, 5.41) is 27.2. The minimum atomic E-state index is -5.08. The molecule has 5 atom stereocenters. The van der Waals surface area contributed by atoms with Crippen LogP contribution in [-0.4, -0.2) is 33.6 Å². The van der Waals surface area contributed by atoms with Gasteiger partial charge in [0.05, 0.1) is 6.10 Å². The number of aliphatic hydroxyl groups is 1. The fourth-order valence-corrected chi connectivity index (χ4v) is 5.54. The van der Waals surface area contributed by atoms with Crippen LogP contribution in [0.3, 0.4) is 0 Å². The molecular weight excluding hydrogens is 361 g/mol. The highest BCUT2D eigenvalue weighted by molar-refractivity contribution is 5.73. The second-order valence-corrected chi connectivity index (χ2v) is 8.24. The summed E-state index contributed by atoms with van der Waals surface area (Å²) in [6, 6.07) is 5.96. The Hall–Kier alpha value is -1.76. The van der Waals surface area contributed by atoms with Gasteiger partial charge in [0.2, 0.25) is 0 Å². The van der Waals surface area contributed by atoms with Gasteiger partial charge in [-0.15, -0.1) is 0 Å². The second-order valence-electron chi connectivity index (χ2n) is 8.24. The van der Waals surface area contributed by atoms with E-state index in [4.69, 9.17) is 9.90 Å². The Balaban J connectivity index is 0.000000260. The molecule has 7 heteroatoms. The fourth-order valence-electron chi connectivity index (χ4n) is 5.54. The molecule has 0 radical (unpaired) electrons. The second kappa shape index (κ2) is 7.00. The maximum atomic E-state index is 10.6. The van der Waals surface area contributed by atoms with Crippen molar-refractivity contribution in [3.63, 3.8) is 0 Å². The van der Waals surface area contributed by atoms with Crippen LogP contribution in [0.15, 0.2) is 18.2 Å². The number of aryl methyl sites for hydroxylation is 1. The van der Waals surface area contributed by atoms with E-state index in [-0.39, 0.29) is 11.5 Å². The van der Waals surface area contributed by atoms with Gasteiger partial charge in [0, 0.05) is 0 Å². The summed E-state index contributed by atoms with van der Waals surface area (Å²) < 4.78 is 31.7. The zero-order valence-electron chi connectivity index (χ0n) is 15.2. The number of phenolic OH excluding ortho intramolecular Hbond substituents is 1. The van der Waals surface area contributed by atoms with E-state index in [0.29, 0.717) is 17.6 Å². The lowest BCUT2D eigenvalue weighted by Crippen LogP contribution is -2.43. The summed E-state index contributed by atoms with van der Waals surface area (Å²) in [5.41, 5.74) is 2.99. The maximum absolute atomic E-state index is 10.6. The lowest BCUT2D eigenvalue weighted by Gasteiger charge is -2.50. The number of phenols is 1. The number of hydrogen-bond acceptors (Lipinski definition) is 3. The molecule has 2 fully saturated rings. The van der Waals surface area contributed by atoms with Crippen molar-refractivity contribution in [1.29, 1.82) is 0 Å². The van der Waals surface area contributed by atoms with Crippen molar-refractivity contribution in [2.45, 2.75) is 63.6 Å². The number of fused-ring (bicyclic) bond motifs is 5. The Morgan fingerprint density at radius 3 is 2.48 bits per heavy atom. The van der Waals surface area contributed by atoms with Crippen LogP contribution in [0.25, 0.3) is 0 Å². The number of aliphatic hydroxyl groups excluding tert-OH is 1. The highest BCUT2D eigenvalue weighted by Gasteiger charge is 2.54. The molecule has 2 saturated carbocycles. The van der Waals surface area contributed by atoms with Gasteiger partial charge in [-0.2, -0.15) is 13.2 Å². The molecule has 27 heavy (non-hydrogen) atoms. The molecule has 0 aliphatic heterocycles. The number of carboxylic acid groups (broad SMARTS) is 1. The quantitative estimate of drug-likeness (QED) is 0.623. The van der Waals surface area contributed by atoms with Crippen LogP contribution in [-0.2, 0) is 11.2 Å². The summed E-state index contributed by atoms with van der Waals surface area (Å²) in [6.07, 6.45) is 1.70. The lowest BCUT2D eigenvalue weighted by atomic mass is 9.55. The van der Waals surface area contributed by atoms with E-state index in [1.807, 2.05) is 12.1 Å². The monoisotopic (exact) mass is 386 g/mol. The van der Waals surface area contributed by atoms with Gasteiger partial charge in [-0.1, -0.05) is 13.0 Å². The summed E-state index contributed by atoms with van der Waals surface area (Å²) in [5.74, 6) is -0.268. The molecule has 0 heterocycles. The predicted octanol–water partition coefficient (Wildman–Crippen LogP) is 4.24. The first-order valence-corrected chi connectivity index (χ1v) is 9.34. The van der Waals surface area contributed by atoms with Gasteiger partial charge in [-0.25, -0.2) is 4.79 Å². The number of aromatic hydroxyl groups is 1. The first-order chi connectivity index (χ1) is 12.5. The molecule has 3 aliphatic carbocycles. The highest BCUT2D eigenvalue weighted by Crippen LogP contribution is 2.60. The number of hydrogen-bond donors (Lipinski definition) is 3. The molecule has 0 amide bonds. The van der Waals surface area contributed by atoms with Gasteiger partial charge in [0.25, 0.3) is 0 Å². The molecule has 0 aromatic heterocycles. The number of carboxylic acids is 1. The third kappa shape index (κ3) is 3.66. The average Bonchev–Trinajstić information content (AvgIpc) is 2.89. The third-order valence-electron chi connectivity index (χ3n) is 6.90. The molecule has 1 aromatic carbocycles. The normalized spacial score (nSPS) is 34.6. The van der Waals surface area contributed by atoms with Crippen molar-refractivity contribution in [3.05, 3.63) is 29.3 Å². The van der Waals surface area contributed by atoms with Crippen LogP contribution in [0.2, 0.25) is 0 Å². The van der Waals surface area contributed by atoms with E-state index < -0.39 is 12.1 Å². The summed E-state index contributed by atoms with van der Waals surface area (Å²) >= 11 is 0.